The lowest BCUT2D eigenvalue weighted by molar-refractivity contribution is 0.0756. The summed E-state index contributed by atoms with van der Waals surface area (Å²) in [5, 5.41) is 12.1. The van der Waals surface area contributed by atoms with Crippen molar-refractivity contribution in [2.45, 2.75) is 25.7 Å². The van der Waals surface area contributed by atoms with Crippen LogP contribution in [0.5, 0.6) is 0 Å². The number of carbonyl (C=O) groups is 1. The topological polar surface area (TPSA) is 69.0 Å². The zero-order valence-corrected chi connectivity index (χ0v) is 13.5. The first kappa shape index (κ1) is 16.0. The van der Waals surface area contributed by atoms with E-state index in [2.05, 4.69) is 16.4 Å². The van der Waals surface area contributed by atoms with Gasteiger partial charge in [-0.1, -0.05) is 18.9 Å². The molecule has 1 N–H and O–H groups in total. The number of likely N-dealkylation sites (tertiary alicyclic amines) is 1. The number of carbonyl (C=O) groups excluding carboxylic acids is 1. The fourth-order valence-corrected chi connectivity index (χ4v) is 2.86. The number of anilines is 2. The van der Waals surface area contributed by atoms with E-state index in [0.29, 0.717) is 11.3 Å². The summed E-state index contributed by atoms with van der Waals surface area (Å²) < 4.78 is 0. The Morgan fingerprint density at radius 1 is 1.08 bits per heavy atom. The predicted octanol–water partition coefficient (Wildman–Crippen LogP) is 3.71. The number of rotatable bonds is 3. The average Bonchev–Trinajstić information content (AvgIpc) is 2.91. The van der Waals surface area contributed by atoms with Gasteiger partial charge in [0.15, 0.2) is 0 Å². The lowest BCUT2D eigenvalue weighted by Gasteiger charge is -2.19. The first-order valence-corrected chi connectivity index (χ1v) is 8.29. The van der Waals surface area contributed by atoms with Gasteiger partial charge in [-0.25, -0.2) is 4.98 Å². The summed E-state index contributed by atoms with van der Waals surface area (Å²) >= 11 is 0. The highest BCUT2D eigenvalue weighted by molar-refractivity contribution is 5.92. The summed E-state index contributed by atoms with van der Waals surface area (Å²) in [5.74, 6) is 0.00919. The van der Waals surface area contributed by atoms with Crippen LogP contribution in [0, 0.1) is 11.3 Å². The number of nitrogens with zero attached hydrogens (tertiary/aromatic N) is 3. The van der Waals surface area contributed by atoms with Crippen LogP contribution < -0.4 is 5.32 Å². The van der Waals surface area contributed by atoms with E-state index in [1.807, 2.05) is 23.1 Å². The van der Waals surface area contributed by atoms with E-state index in [9.17, 15) is 4.79 Å². The van der Waals surface area contributed by atoms with Gasteiger partial charge in [-0.2, -0.15) is 5.26 Å². The van der Waals surface area contributed by atoms with Crippen LogP contribution in [0.4, 0.5) is 11.4 Å². The molecule has 1 aromatic heterocycles. The molecule has 1 aromatic carbocycles. The summed E-state index contributed by atoms with van der Waals surface area (Å²) in [6, 6.07) is 13.0. The van der Waals surface area contributed by atoms with Crippen molar-refractivity contribution < 1.29 is 4.79 Å². The van der Waals surface area contributed by atoms with Crippen molar-refractivity contribution in [1.82, 2.24) is 9.88 Å². The number of amides is 1. The van der Waals surface area contributed by atoms with Crippen LogP contribution in [0.2, 0.25) is 0 Å². The van der Waals surface area contributed by atoms with E-state index in [4.69, 9.17) is 5.26 Å². The van der Waals surface area contributed by atoms with Crippen molar-refractivity contribution in [3.8, 4) is 6.07 Å². The molecule has 1 amide bonds. The maximum atomic E-state index is 12.5. The number of hydrogen-bond donors (Lipinski definition) is 1. The molecule has 0 spiro atoms. The van der Waals surface area contributed by atoms with Crippen LogP contribution in [0.3, 0.4) is 0 Å². The van der Waals surface area contributed by atoms with Gasteiger partial charge in [0, 0.05) is 18.8 Å². The van der Waals surface area contributed by atoms with Gasteiger partial charge in [0.05, 0.1) is 23.5 Å². The van der Waals surface area contributed by atoms with Gasteiger partial charge in [0.25, 0.3) is 5.91 Å². The van der Waals surface area contributed by atoms with E-state index in [0.717, 1.165) is 37.3 Å². The third-order valence-corrected chi connectivity index (χ3v) is 4.16. The number of aromatic nitrogens is 1. The second kappa shape index (κ2) is 7.60. The molecule has 122 valence electrons. The van der Waals surface area contributed by atoms with Crippen molar-refractivity contribution in [2.24, 2.45) is 0 Å². The van der Waals surface area contributed by atoms with Gasteiger partial charge in [-0.15, -0.1) is 0 Å². The quantitative estimate of drug-likeness (QED) is 0.936. The van der Waals surface area contributed by atoms with Crippen LogP contribution in [0.25, 0.3) is 0 Å². The number of hydrogen-bond acceptors (Lipinski definition) is 4. The van der Waals surface area contributed by atoms with Gasteiger partial charge >= 0.3 is 0 Å². The molecule has 1 aliphatic heterocycles. The first-order valence-electron chi connectivity index (χ1n) is 8.29. The summed E-state index contributed by atoms with van der Waals surface area (Å²) in [6.07, 6.45) is 6.19. The minimum atomic E-state index is 0.00919. The maximum absolute atomic E-state index is 12.5. The fraction of sp³-hybridized carbons (Fsp3) is 0.316. The fourth-order valence-electron chi connectivity index (χ4n) is 2.86. The molecule has 0 radical (unpaired) electrons. The molecule has 1 aliphatic rings. The molecule has 3 rings (SSSR count). The summed E-state index contributed by atoms with van der Waals surface area (Å²) in [7, 11) is 0. The highest BCUT2D eigenvalue weighted by atomic mass is 16.2. The van der Waals surface area contributed by atoms with Crippen molar-refractivity contribution >= 4 is 17.3 Å². The van der Waals surface area contributed by atoms with E-state index in [-0.39, 0.29) is 5.91 Å². The summed E-state index contributed by atoms with van der Waals surface area (Å²) in [5.41, 5.74) is 2.69. The third-order valence-electron chi connectivity index (χ3n) is 4.16. The molecule has 1 saturated heterocycles. The average molecular weight is 320 g/mol. The second-order valence-electron chi connectivity index (χ2n) is 5.96. The Bertz CT molecular complexity index is 741. The van der Waals surface area contributed by atoms with Gasteiger partial charge in [0.2, 0.25) is 0 Å². The molecule has 0 saturated carbocycles. The molecule has 0 atom stereocenters. The highest BCUT2D eigenvalue weighted by Gasteiger charge is 2.18. The predicted molar refractivity (Wildman–Crippen MR) is 93.0 cm³/mol. The molecule has 5 nitrogen and oxygen atoms in total. The van der Waals surface area contributed by atoms with Crippen molar-refractivity contribution in [2.75, 3.05) is 18.4 Å². The van der Waals surface area contributed by atoms with E-state index < -0.39 is 0 Å². The monoisotopic (exact) mass is 320 g/mol. The summed E-state index contributed by atoms with van der Waals surface area (Å²) in [4.78, 5) is 18.7. The number of nitriles is 1. The Hall–Kier alpha value is -2.87. The Morgan fingerprint density at radius 3 is 2.54 bits per heavy atom. The van der Waals surface area contributed by atoms with Crippen molar-refractivity contribution in [1.29, 1.82) is 5.26 Å². The molecular formula is C19H20N4O. The third kappa shape index (κ3) is 3.90. The van der Waals surface area contributed by atoms with Gasteiger partial charge < -0.3 is 10.2 Å². The Morgan fingerprint density at radius 2 is 1.88 bits per heavy atom. The molecule has 2 aromatic rings. The summed E-state index contributed by atoms with van der Waals surface area (Å²) in [6.45, 7) is 1.64. The largest absolute Gasteiger partial charge is 0.354 e. The Labute approximate surface area is 141 Å². The van der Waals surface area contributed by atoms with Crippen LogP contribution in [-0.4, -0.2) is 28.9 Å². The van der Waals surface area contributed by atoms with Crippen LogP contribution in [-0.2, 0) is 0 Å². The lowest BCUT2D eigenvalue weighted by Crippen LogP contribution is -2.32. The smallest absolute Gasteiger partial charge is 0.272 e. The molecular weight excluding hydrogens is 300 g/mol. The van der Waals surface area contributed by atoms with Crippen molar-refractivity contribution in [3.63, 3.8) is 0 Å². The molecule has 5 heteroatoms. The zero-order valence-electron chi connectivity index (χ0n) is 13.5. The molecule has 0 bridgehead atoms. The molecule has 2 heterocycles. The van der Waals surface area contributed by atoms with Crippen LogP contribution >= 0.6 is 0 Å². The minimum Gasteiger partial charge on any atom is -0.354 e. The van der Waals surface area contributed by atoms with Gasteiger partial charge in [-0.3, -0.25) is 4.79 Å². The van der Waals surface area contributed by atoms with E-state index in [1.54, 1.807) is 24.4 Å². The zero-order chi connectivity index (χ0) is 16.8. The molecule has 0 aliphatic carbocycles. The number of nitrogens with one attached hydrogen (secondary N) is 1. The molecule has 24 heavy (non-hydrogen) atoms. The minimum absolute atomic E-state index is 0.00919. The number of benzene rings is 1. The maximum Gasteiger partial charge on any atom is 0.272 e. The van der Waals surface area contributed by atoms with Gasteiger partial charge in [0.1, 0.15) is 5.69 Å². The second-order valence-corrected chi connectivity index (χ2v) is 5.96. The molecule has 1 fully saturated rings. The van der Waals surface area contributed by atoms with Crippen molar-refractivity contribution in [3.05, 3.63) is 53.9 Å². The lowest BCUT2D eigenvalue weighted by atomic mass is 10.2. The van der Waals surface area contributed by atoms with Crippen LogP contribution in [0.15, 0.2) is 42.6 Å². The number of pyridine rings is 1. The SMILES string of the molecule is N#Cc1cccc(Nc2ccc(C(=O)N3CCCCCC3)nc2)c1. The normalized spacial score (nSPS) is 14.5. The van der Waals surface area contributed by atoms with E-state index in [1.165, 1.54) is 12.8 Å². The highest BCUT2D eigenvalue weighted by Crippen LogP contribution is 2.18. The first-order chi connectivity index (χ1) is 11.8. The van der Waals surface area contributed by atoms with Gasteiger partial charge in [-0.05, 0) is 43.2 Å². The Balaban J connectivity index is 1.68. The molecule has 0 unspecified atom stereocenters. The Kier molecular flexibility index (Phi) is 5.07. The van der Waals surface area contributed by atoms with E-state index >= 15 is 0 Å². The van der Waals surface area contributed by atoms with Crippen LogP contribution in [0.1, 0.15) is 41.7 Å². The standard InChI is InChI=1S/C19H20N4O/c20-13-15-6-5-7-16(12-15)22-17-8-9-18(21-14-17)19(24)23-10-3-1-2-4-11-23/h5-9,12,14,22H,1-4,10-11H2.